The van der Waals surface area contributed by atoms with E-state index in [1.807, 2.05) is 6.92 Å². The third kappa shape index (κ3) is 2.91. The van der Waals surface area contributed by atoms with Gasteiger partial charge in [0.1, 0.15) is 17.2 Å². The Morgan fingerprint density at radius 1 is 1.28 bits per heavy atom. The molecule has 1 amide bonds. The fourth-order valence-corrected chi connectivity index (χ4v) is 2.95. The summed E-state index contributed by atoms with van der Waals surface area (Å²) in [7, 11) is 1.72. The van der Waals surface area contributed by atoms with Gasteiger partial charge in [-0.25, -0.2) is 0 Å². The maximum Gasteiger partial charge on any atom is 0.280 e. The Kier molecular flexibility index (Phi) is 4.37. The number of nitrogens with zero attached hydrogens (tertiary/aromatic N) is 3. The number of nitro benzene ring substituents is 1. The molecule has 0 atom stereocenters. The van der Waals surface area contributed by atoms with Gasteiger partial charge in [0, 0.05) is 25.7 Å². The maximum atomic E-state index is 12.4. The van der Waals surface area contributed by atoms with Gasteiger partial charge in [0.05, 0.1) is 10.5 Å². The molecular formula is C17H15N3O4S. The van der Waals surface area contributed by atoms with Crippen molar-refractivity contribution in [3.05, 3.63) is 58.0 Å². The molecule has 2 heterocycles. The van der Waals surface area contributed by atoms with Crippen LogP contribution in [0.3, 0.4) is 0 Å². The number of nitro groups is 1. The van der Waals surface area contributed by atoms with E-state index in [4.69, 9.17) is 16.6 Å². The van der Waals surface area contributed by atoms with Crippen LogP contribution < -0.4 is 0 Å². The van der Waals surface area contributed by atoms with Crippen LogP contribution in [0.4, 0.5) is 5.69 Å². The molecule has 0 N–H and O–H groups in total. The van der Waals surface area contributed by atoms with Crippen molar-refractivity contribution in [2.45, 2.75) is 6.92 Å². The highest BCUT2D eigenvalue weighted by atomic mass is 32.1. The molecule has 1 aliphatic rings. The largest absolute Gasteiger partial charge is 0.456 e. The number of hydrogen-bond acceptors (Lipinski definition) is 5. The van der Waals surface area contributed by atoms with E-state index < -0.39 is 4.92 Å². The molecule has 0 unspecified atom stereocenters. The molecule has 25 heavy (non-hydrogen) atoms. The monoisotopic (exact) mass is 357 g/mol. The van der Waals surface area contributed by atoms with Gasteiger partial charge in [-0.05, 0) is 37.3 Å². The van der Waals surface area contributed by atoms with E-state index in [-0.39, 0.29) is 11.6 Å². The predicted molar refractivity (Wildman–Crippen MR) is 96.5 cm³/mol. The number of hydrogen-bond donors (Lipinski definition) is 0. The van der Waals surface area contributed by atoms with Crippen molar-refractivity contribution in [2.24, 2.45) is 0 Å². The van der Waals surface area contributed by atoms with Crippen molar-refractivity contribution in [3.63, 3.8) is 0 Å². The second-order valence-corrected chi connectivity index (χ2v) is 5.76. The van der Waals surface area contributed by atoms with Gasteiger partial charge < -0.3 is 9.32 Å². The number of para-hydroxylation sites is 1. The summed E-state index contributed by atoms with van der Waals surface area (Å²) in [6.45, 7) is 2.33. The fourth-order valence-electron chi connectivity index (χ4n) is 2.64. The van der Waals surface area contributed by atoms with Gasteiger partial charge in [0.25, 0.3) is 11.6 Å². The van der Waals surface area contributed by atoms with Gasteiger partial charge in [-0.15, -0.1) is 0 Å². The van der Waals surface area contributed by atoms with Crippen molar-refractivity contribution in [1.29, 1.82) is 0 Å². The summed E-state index contributed by atoms with van der Waals surface area (Å²) in [4.78, 5) is 26.2. The average Bonchev–Trinajstić information content (AvgIpc) is 3.14. The Bertz CT molecular complexity index is 903. The van der Waals surface area contributed by atoms with Crippen molar-refractivity contribution in [1.82, 2.24) is 9.80 Å². The summed E-state index contributed by atoms with van der Waals surface area (Å²) < 4.78 is 5.70. The molecular weight excluding hydrogens is 342 g/mol. The zero-order valence-electron chi connectivity index (χ0n) is 13.6. The molecule has 0 radical (unpaired) electrons. The van der Waals surface area contributed by atoms with Crippen LogP contribution in [0, 0.1) is 10.1 Å². The standard InChI is InChI=1S/C17H15N3O4S/c1-3-19-16(21)14(18(2)17(19)25)10-11-8-9-15(24-11)12-6-4-5-7-13(12)20(22)23/h4-10H,3H2,1-2H3. The molecule has 1 aliphatic heterocycles. The topological polar surface area (TPSA) is 79.8 Å². The molecule has 0 aliphatic carbocycles. The molecule has 7 nitrogen and oxygen atoms in total. The minimum Gasteiger partial charge on any atom is -0.456 e. The SMILES string of the molecule is CCN1C(=O)C(=Cc2ccc(-c3ccccc3[N+](=O)[O-])o2)N(C)C1=S. The van der Waals surface area contributed by atoms with E-state index in [0.29, 0.717) is 34.4 Å². The first-order valence-electron chi connectivity index (χ1n) is 7.59. The number of furan rings is 1. The summed E-state index contributed by atoms with van der Waals surface area (Å²) in [5.41, 5.74) is 0.743. The highest BCUT2D eigenvalue weighted by Crippen LogP contribution is 2.32. The zero-order valence-corrected chi connectivity index (χ0v) is 14.4. The number of amides is 1. The molecule has 1 aromatic heterocycles. The molecule has 8 heteroatoms. The molecule has 1 aromatic carbocycles. The second kappa shape index (κ2) is 6.48. The predicted octanol–water partition coefficient (Wildman–Crippen LogP) is 3.27. The van der Waals surface area contributed by atoms with E-state index in [1.54, 1.807) is 48.4 Å². The lowest BCUT2D eigenvalue weighted by atomic mass is 10.1. The van der Waals surface area contributed by atoms with Gasteiger partial charge >= 0.3 is 0 Å². The fraction of sp³-hybridized carbons (Fsp3) is 0.176. The second-order valence-electron chi connectivity index (χ2n) is 5.40. The molecule has 1 saturated heterocycles. The van der Waals surface area contributed by atoms with Crippen LogP contribution in [0.1, 0.15) is 12.7 Å². The Morgan fingerprint density at radius 2 is 2.00 bits per heavy atom. The number of rotatable bonds is 4. The number of carbonyl (C=O) groups excluding carboxylic acids is 1. The zero-order chi connectivity index (χ0) is 18.1. The molecule has 0 saturated carbocycles. The minimum atomic E-state index is -0.457. The number of carbonyl (C=O) groups is 1. The number of benzene rings is 1. The molecule has 1 fully saturated rings. The van der Waals surface area contributed by atoms with Gasteiger partial charge in [0.15, 0.2) is 5.11 Å². The van der Waals surface area contributed by atoms with Crippen molar-refractivity contribution in [3.8, 4) is 11.3 Å². The quantitative estimate of drug-likeness (QED) is 0.362. The first kappa shape index (κ1) is 16.8. The average molecular weight is 357 g/mol. The van der Waals surface area contributed by atoms with Crippen LogP contribution in [0.15, 0.2) is 46.5 Å². The third-order valence-corrected chi connectivity index (χ3v) is 4.43. The van der Waals surface area contributed by atoms with E-state index >= 15 is 0 Å². The van der Waals surface area contributed by atoms with Crippen molar-refractivity contribution < 1.29 is 14.1 Å². The summed E-state index contributed by atoms with van der Waals surface area (Å²) in [6, 6.07) is 9.65. The van der Waals surface area contributed by atoms with E-state index in [9.17, 15) is 14.9 Å². The van der Waals surface area contributed by atoms with Gasteiger partial charge in [-0.3, -0.25) is 19.8 Å². The highest BCUT2D eigenvalue weighted by molar-refractivity contribution is 7.80. The Balaban J connectivity index is 1.97. The Labute approximate surface area is 149 Å². The first-order valence-corrected chi connectivity index (χ1v) is 7.99. The Morgan fingerprint density at radius 3 is 2.64 bits per heavy atom. The lowest BCUT2D eigenvalue weighted by molar-refractivity contribution is -0.384. The lowest BCUT2D eigenvalue weighted by Gasteiger charge is -2.13. The molecule has 2 aromatic rings. The van der Waals surface area contributed by atoms with Crippen LogP contribution in [-0.4, -0.2) is 39.3 Å². The van der Waals surface area contributed by atoms with Gasteiger partial charge in [-0.2, -0.15) is 0 Å². The van der Waals surface area contributed by atoms with Crippen LogP contribution in [-0.2, 0) is 4.79 Å². The smallest absolute Gasteiger partial charge is 0.280 e. The van der Waals surface area contributed by atoms with Crippen LogP contribution in [0.25, 0.3) is 17.4 Å². The van der Waals surface area contributed by atoms with Crippen LogP contribution >= 0.6 is 12.2 Å². The lowest BCUT2D eigenvalue weighted by Crippen LogP contribution is -2.30. The van der Waals surface area contributed by atoms with Crippen molar-refractivity contribution in [2.75, 3.05) is 13.6 Å². The third-order valence-electron chi connectivity index (χ3n) is 3.93. The first-order chi connectivity index (χ1) is 11.9. The molecule has 3 rings (SSSR count). The van der Waals surface area contributed by atoms with Gasteiger partial charge in [-0.1, -0.05) is 12.1 Å². The Hall–Kier alpha value is -3.00. The number of thiocarbonyl (C=S) groups is 1. The highest BCUT2D eigenvalue weighted by Gasteiger charge is 2.34. The number of likely N-dealkylation sites (N-methyl/N-ethyl adjacent to an activating group) is 2. The summed E-state index contributed by atoms with van der Waals surface area (Å²) in [5, 5.41) is 11.6. The molecule has 128 valence electrons. The molecule has 0 spiro atoms. The maximum absolute atomic E-state index is 12.4. The van der Waals surface area contributed by atoms with E-state index in [2.05, 4.69) is 0 Å². The summed E-state index contributed by atoms with van der Waals surface area (Å²) >= 11 is 5.24. The van der Waals surface area contributed by atoms with Crippen LogP contribution in [0.2, 0.25) is 0 Å². The normalized spacial score (nSPS) is 16.2. The summed E-state index contributed by atoms with van der Waals surface area (Å²) in [5.74, 6) is 0.588. The summed E-state index contributed by atoms with van der Waals surface area (Å²) in [6.07, 6.45) is 1.59. The van der Waals surface area contributed by atoms with Crippen molar-refractivity contribution >= 4 is 35.0 Å². The van der Waals surface area contributed by atoms with Gasteiger partial charge in [0.2, 0.25) is 0 Å². The van der Waals surface area contributed by atoms with E-state index in [1.165, 1.54) is 11.0 Å². The van der Waals surface area contributed by atoms with Crippen LogP contribution in [0.5, 0.6) is 0 Å². The minimum absolute atomic E-state index is 0.0385. The molecule has 0 bridgehead atoms. The van der Waals surface area contributed by atoms with E-state index in [0.717, 1.165) is 0 Å².